The van der Waals surface area contributed by atoms with Crippen LogP contribution in [0.5, 0.6) is 0 Å². The van der Waals surface area contributed by atoms with E-state index in [-0.39, 0.29) is 11.8 Å². The van der Waals surface area contributed by atoms with Gasteiger partial charge in [-0.05, 0) is 58.6 Å². The van der Waals surface area contributed by atoms with Crippen LogP contribution in [-0.4, -0.2) is 0 Å². The molecule has 0 radical (unpaired) electrons. The normalized spacial score (nSPS) is 19.1. The fraction of sp³-hybridized carbons (Fsp3) is 0.280. The summed E-state index contributed by atoms with van der Waals surface area (Å²) in [5.74, 6) is -0.405. The molecule has 3 aromatic carbocycles. The maximum Gasteiger partial charge on any atom is 0.129 e. The highest BCUT2D eigenvalue weighted by molar-refractivity contribution is 5.45. The molecular formula is C25H24F2. The van der Waals surface area contributed by atoms with Crippen LogP contribution in [0.3, 0.4) is 0 Å². The molecular weight excluding hydrogens is 338 g/mol. The highest BCUT2D eigenvalue weighted by atomic mass is 19.1. The number of hydrogen-bond acceptors (Lipinski definition) is 0. The summed E-state index contributed by atoms with van der Waals surface area (Å²) in [5, 5.41) is 0. The van der Waals surface area contributed by atoms with Gasteiger partial charge in [-0.15, -0.1) is 0 Å². The first-order valence-corrected chi connectivity index (χ1v) is 9.67. The smallest absolute Gasteiger partial charge is 0.129 e. The quantitative estimate of drug-likeness (QED) is 0.473. The largest absolute Gasteiger partial charge is 0.207 e. The number of halogens is 2. The Morgan fingerprint density at radius 3 is 2.30 bits per heavy atom. The van der Waals surface area contributed by atoms with Crippen LogP contribution in [-0.2, 0) is 6.42 Å². The Morgan fingerprint density at radius 2 is 1.59 bits per heavy atom. The van der Waals surface area contributed by atoms with Crippen LogP contribution in [0.15, 0.2) is 66.7 Å². The van der Waals surface area contributed by atoms with Crippen molar-refractivity contribution in [3.63, 3.8) is 0 Å². The Morgan fingerprint density at radius 1 is 0.852 bits per heavy atom. The molecule has 0 heterocycles. The van der Waals surface area contributed by atoms with E-state index in [0.717, 1.165) is 18.9 Å². The van der Waals surface area contributed by atoms with Gasteiger partial charge in [-0.3, -0.25) is 0 Å². The molecule has 0 nitrogen and oxygen atoms in total. The molecule has 3 aromatic rings. The average molecular weight is 362 g/mol. The van der Waals surface area contributed by atoms with Gasteiger partial charge in [0.1, 0.15) is 11.6 Å². The van der Waals surface area contributed by atoms with E-state index in [1.54, 1.807) is 6.07 Å². The summed E-state index contributed by atoms with van der Waals surface area (Å²) in [6.07, 6.45) is 1.77. The molecule has 138 valence electrons. The van der Waals surface area contributed by atoms with Crippen LogP contribution in [0, 0.1) is 11.6 Å². The van der Waals surface area contributed by atoms with E-state index in [1.807, 2.05) is 0 Å². The fourth-order valence-electron chi connectivity index (χ4n) is 4.40. The van der Waals surface area contributed by atoms with Crippen molar-refractivity contribution < 1.29 is 8.78 Å². The Kier molecular flexibility index (Phi) is 4.82. The third-order valence-electron chi connectivity index (χ3n) is 5.84. The molecule has 2 atom stereocenters. The Balaban J connectivity index is 1.83. The molecule has 2 heteroatoms. The number of hydrogen-bond donors (Lipinski definition) is 0. The lowest BCUT2D eigenvalue weighted by Crippen LogP contribution is -2.21. The van der Waals surface area contributed by atoms with E-state index in [1.165, 1.54) is 28.3 Å². The van der Waals surface area contributed by atoms with Crippen molar-refractivity contribution in [2.24, 2.45) is 0 Å². The molecule has 4 rings (SSSR count). The molecule has 0 bridgehead atoms. The van der Waals surface area contributed by atoms with Gasteiger partial charge < -0.3 is 0 Å². The molecule has 0 saturated heterocycles. The van der Waals surface area contributed by atoms with E-state index in [0.29, 0.717) is 11.5 Å². The van der Waals surface area contributed by atoms with Gasteiger partial charge in [-0.25, -0.2) is 8.78 Å². The molecule has 1 aliphatic rings. The second-order valence-corrected chi connectivity index (χ2v) is 7.81. The molecule has 0 saturated carbocycles. The van der Waals surface area contributed by atoms with Crippen LogP contribution >= 0.6 is 0 Å². The maximum absolute atomic E-state index is 14.6. The first kappa shape index (κ1) is 17.9. The predicted molar refractivity (Wildman–Crippen MR) is 106 cm³/mol. The summed E-state index contributed by atoms with van der Waals surface area (Å²) in [4.78, 5) is 0. The summed E-state index contributed by atoms with van der Waals surface area (Å²) >= 11 is 0. The Bertz CT molecular complexity index is 941. The van der Waals surface area contributed by atoms with Crippen molar-refractivity contribution in [2.45, 2.75) is 44.4 Å². The predicted octanol–water partition coefficient (Wildman–Crippen LogP) is 6.95. The topological polar surface area (TPSA) is 0 Å². The van der Waals surface area contributed by atoms with Crippen molar-refractivity contribution in [1.82, 2.24) is 0 Å². The van der Waals surface area contributed by atoms with Gasteiger partial charge in [-0.1, -0.05) is 68.4 Å². The zero-order chi connectivity index (χ0) is 19.0. The zero-order valence-corrected chi connectivity index (χ0v) is 15.8. The second kappa shape index (κ2) is 7.26. The lowest BCUT2D eigenvalue weighted by atomic mass is 9.69. The minimum absolute atomic E-state index is 0.00500. The SMILES string of the molecule is CC(C)c1ccc(C2c3ccccc3CCC2c2ccc(F)cc2F)cc1. The lowest BCUT2D eigenvalue weighted by molar-refractivity contribution is 0.487. The van der Waals surface area contributed by atoms with Crippen LogP contribution in [0.25, 0.3) is 0 Å². The van der Waals surface area contributed by atoms with Crippen LogP contribution in [0.4, 0.5) is 8.78 Å². The first-order valence-electron chi connectivity index (χ1n) is 9.67. The summed E-state index contributed by atoms with van der Waals surface area (Å²) in [6.45, 7) is 4.36. The molecule has 1 aliphatic carbocycles. The number of aryl methyl sites for hydroxylation is 1. The van der Waals surface area contributed by atoms with Crippen LogP contribution in [0.1, 0.15) is 65.8 Å². The third kappa shape index (κ3) is 3.41. The van der Waals surface area contributed by atoms with E-state index in [9.17, 15) is 8.78 Å². The van der Waals surface area contributed by atoms with Crippen molar-refractivity contribution in [1.29, 1.82) is 0 Å². The van der Waals surface area contributed by atoms with E-state index >= 15 is 0 Å². The lowest BCUT2D eigenvalue weighted by Gasteiger charge is -2.35. The van der Waals surface area contributed by atoms with Crippen molar-refractivity contribution >= 4 is 0 Å². The fourth-order valence-corrected chi connectivity index (χ4v) is 4.40. The highest BCUT2D eigenvalue weighted by Crippen LogP contribution is 2.47. The van der Waals surface area contributed by atoms with Gasteiger partial charge >= 0.3 is 0 Å². The summed E-state index contributed by atoms with van der Waals surface area (Å²) in [6, 6.07) is 21.2. The zero-order valence-electron chi connectivity index (χ0n) is 15.8. The Hall–Kier alpha value is -2.48. The number of benzene rings is 3. The van der Waals surface area contributed by atoms with E-state index in [4.69, 9.17) is 0 Å². The molecule has 0 aromatic heterocycles. The van der Waals surface area contributed by atoms with Gasteiger partial charge in [0, 0.05) is 12.0 Å². The Labute approximate surface area is 159 Å². The van der Waals surface area contributed by atoms with Gasteiger partial charge in [-0.2, -0.15) is 0 Å². The van der Waals surface area contributed by atoms with Crippen molar-refractivity contribution in [2.75, 3.05) is 0 Å². The minimum Gasteiger partial charge on any atom is -0.207 e. The molecule has 2 unspecified atom stereocenters. The van der Waals surface area contributed by atoms with Gasteiger partial charge in [0.15, 0.2) is 0 Å². The van der Waals surface area contributed by atoms with Crippen LogP contribution in [0.2, 0.25) is 0 Å². The van der Waals surface area contributed by atoms with Gasteiger partial charge in [0.05, 0.1) is 0 Å². The van der Waals surface area contributed by atoms with Crippen molar-refractivity contribution in [3.8, 4) is 0 Å². The minimum atomic E-state index is -0.523. The third-order valence-corrected chi connectivity index (χ3v) is 5.84. The van der Waals surface area contributed by atoms with Gasteiger partial charge in [0.25, 0.3) is 0 Å². The molecule has 0 spiro atoms. The monoisotopic (exact) mass is 362 g/mol. The van der Waals surface area contributed by atoms with Crippen molar-refractivity contribution in [3.05, 3.63) is 106 Å². The molecule has 0 fully saturated rings. The summed E-state index contributed by atoms with van der Waals surface area (Å²) in [7, 11) is 0. The molecule has 0 N–H and O–H groups in total. The molecule has 27 heavy (non-hydrogen) atoms. The van der Waals surface area contributed by atoms with Crippen LogP contribution < -0.4 is 0 Å². The number of fused-ring (bicyclic) bond motifs is 1. The summed E-state index contributed by atoms with van der Waals surface area (Å²) in [5.41, 5.74) is 5.69. The van der Waals surface area contributed by atoms with E-state index in [2.05, 4.69) is 62.4 Å². The standard InChI is InChI=1S/C25H24F2/c1-16(2)17-7-9-19(10-8-17)25-21-6-4-3-5-18(21)11-13-23(25)22-14-12-20(26)15-24(22)27/h3-10,12,14-16,23,25H,11,13H2,1-2H3. The number of rotatable bonds is 3. The molecule has 0 aliphatic heterocycles. The van der Waals surface area contributed by atoms with E-state index < -0.39 is 11.6 Å². The maximum atomic E-state index is 14.6. The second-order valence-electron chi connectivity index (χ2n) is 7.81. The first-order chi connectivity index (χ1) is 13.0. The highest BCUT2D eigenvalue weighted by Gasteiger charge is 2.33. The summed E-state index contributed by atoms with van der Waals surface area (Å²) < 4.78 is 28.1. The van der Waals surface area contributed by atoms with Gasteiger partial charge in [0.2, 0.25) is 0 Å². The average Bonchev–Trinajstić information content (AvgIpc) is 2.67. The molecule has 0 amide bonds.